The molecule has 1 amide bonds. The first-order valence-electron chi connectivity index (χ1n) is 13.0. The molecule has 0 saturated heterocycles. The van der Waals surface area contributed by atoms with Gasteiger partial charge in [-0.2, -0.15) is 0 Å². The maximum Gasteiger partial charge on any atom is 0.255 e. The fraction of sp³-hybridized carbons (Fsp3) is 0.536. The molecule has 2 bridgehead atoms. The summed E-state index contributed by atoms with van der Waals surface area (Å²) < 4.78 is 67.6. The van der Waals surface area contributed by atoms with Gasteiger partial charge < -0.3 is 20.6 Å². The molecule has 0 aliphatic heterocycles. The lowest BCUT2D eigenvalue weighted by Gasteiger charge is -2.46. The third-order valence-electron chi connectivity index (χ3n) is 8.49. The number of halogens is 4. The van der Waals surface area contributed by atoms with Crippen molar-refractivity contribution < 1.29 is 41.7 Å². The first kappa shape index (κ1) is 30.8. The summed E-state index contributed by atoms with van der Waals surface area (Å²) in [5.74, 6) is -7.04. The first-order valence-corrected chi connectivity index (χ1v) is 15.1. The number of hydrogen-bond acceptors (Lipinski definition) is 6. The average Bonchev–Trinajstić information content (AvgIpc) is 2.95. The Kier molecular flexibility index (Phi) is 8.39. The molecule has 12 heteroatoms. The van der Waals surface area contributed by atoms with Crippen LogP contribution in [0.15, 0.2) is 35.2 Å². The summed E-state index contributed by atoms with van der Waals surface area (Å²) >= 11 is 6.24. The van der Waals surface area contributed by atoms with Crippen molar-refractivity contribution in [3.05, 3.63) is 58.4 Å². The Morgan fingerprint density at radius 1 is 1.18 bits per heavy atom. The number of carbonyl (C=O) groups excluding carboxylic acids is 1. The lowest BCUT2D eigenvalue weighted by atomic mass is 9.65. The molecule has 4 N–H and O–H groups in total. The highest BCUT2D eigenvalue weighted by Gasteiger charge is 2.59. The number of sulfone groups is 1. The minimum absolute atomic E-state index is 0.0317. The highest BCUT2D eigenvalue weighted by atomic mass is 35.5. The molecule has 2 fully saturated rings. The predicted octanol–water partition coefficient (Wildman–Crippen LogP) is 4.72. The molecule has 2 aromatic rings. The Morgan fingerprint density at radius 3 is 2.40 bits per heavy atom. The van der Waals surface area contributed by atoms with Crippen LogP contribution >= 0.6 is 11.6 Å². The number of benzene rings is 2. The maximum atomic E-state index is 13.6. The van der Waals surface area contributed by atoms with Crippen LogP contribution in [-0.4, -0.2) is 52.7 Å². The molecule has 220 valence electrons. The Hall–Kier alpha value is -2.18. The molecule has 2 aliphatic rings. The summed E-state index contributed by atoms with van der Waals surface area (Å²) in [5.41, 5.74) is -3.32. The van der Waals surface area contributed by atoms with Gasteiger partial charge in [0.05, 0.1) is 33.0 Å². The molecule has 2 aliphatic carbocycles. The van der Waals surface area contributed by atoms with Gasteiger partial charge in [-0.05, 0) is 75.0 Å². The molecule has 0 heterocycles. The van der Waals surface area contributed by atoms with Gasteiger partial charge >= 0.3 is 0 Å². The van der Waals surface area contributed by atoms with Crippen LogP contribution in [0.1, 0.15) is 56.8 Å². The van der Waals surface area contributed by atoms with E-state index in [0.717, 1.165) is 6.07 Å². The van der Waals surface area contributed by atoms with Crippen molar-refractivity contribution in [1.82, 2.24) is 0 Å². The number of rotatable bonds is 8. The topological polar surface area (TPSA) is 124 Å². The Bertz CT molecular complexity index is 1390. The molecular formula is C28H33ClF3NO6S. The Labute approximate surface area is 236 Å². The zero-order valence-electron chi connectivity index (χ0n) is 22.3. The van der Waals surface area contributed by atoms with Crippen LogP contribution < -0.4 is 5.32 Å². The van der Waals surface area contributed by atoms with E-state index in [1.165, 1.54) is 26.0 Å². The normalized spacial score (nSPS) is 27.4. The van der Waals surface area contributed by atoms with Crippen molar-refractivity contribution in [1.29, 1.82) is 0 Å². The number of aliphatic hydroxyl groups is 3. The van der Waals surface area contributed by atoms with E-state index in [0.29, 0.717) is 31.4 Å². The number of hydrogen-bond donors (Lipinski definition) is 4. The quantitative estimate of drug-likeness (QED) is 0.324. The van der Waals surface area contributed by atoms with E-state index in [1.54, 1.807) is 0 Å². The van der Waals surface area contributed by atoms with E-state index < -0.39 is 62.3 Å². The van der Waals surface area contributed by atoms with Gasteiger partial charge in [0.2, 0.25) is 0 Å². The van der Waals surface area contributed by atoms with Crippen LogP contribution in [0.2, 0.25) is 5.02 Å². The van der Waals surface area contributed by atoms with Gasteiger partial charge in [-0.25, -0.2) is 21.6 Å². The van der Waals surface area contributed by atoms with Crippen LogP contribution in [-0.2, 0) is 9.84 Å². The molecule has 6 atom stereocenters. The van der Waals surface area contributed by atoms with Gasteiger partial charge in [-0.15, -0.1) is 0 Å². The van der Waals surface area contributed by atoms with E-state index in [-0.39, 0.29) is 45.2 Å². The van der Waals surface area contributed by atoms with Crippen molar-refractivity contribution in [2.45, 2.75) is 68.7 Å². The number of aliphatic hydroxyl groups excluding tert-OH is 1. The summed E-state index contributed by atoms with van der Waals surface area (Å²) in [6.07, 6.45) is 0.442. The Balaban J connectivity index is 1.58. The summed E-state index contributed by atoms with van der Waals surface area (Å²) in [6.45, 7) is 4.84. The van der Waals surface area contributed by atoms with Gasteiger partial charge in [-0.3, -0.25) is 4.79 Å². The zero-order chi connectivity index (χ0) is 29.8. The molecule has 4 rings (SSSR count). The smallest absolute Gasteiger partial charge is 0.255 e. The van der Waals surface area contributed by atoms with Gasteiger partial charge in [0, 0.05) is 29.8 Å². The second kappa shape index (κ2) is 10.9. The fourth-order valence-electron chi connectivity index (χ4n) is 6.53. The van der Waals surface area contributed by atoms with E-state index in [2.05, 4.69) is 5.32 Å². The minimum atomic E-state index is -4.10. The molecular weight excluding hydrogens is 571 g/mol. The molecule has 0 radical (unpaired) electrons. The highest BCUT2D eigenvalue weighted by Crippen LogP contribution is 2.57. The summed E-state index contributed by atoms with van der Waals surface area (Å²) in [6, 6.07) is 4.73. The molecule has 7 nitrogen and oxygen atoms in total. The molecule has 2 aromatic carbocycles. The molecule has 0 aromatic heterocycles. The largest absolute Gasteiger partial charge is 0.390 e. The third kappa shape index (κ3) is 5.90. The standard InChI is InChI=1S/C28H33ClF3NO6S/c1-14-8-17-6-4-16(24(14)28(17,37)12-23(34)27(2,3)36)13-40(38,39)22-9-15(5-7-19(22)29)26(35)33-18-10-20(30)25(32)21(31)11-18/h5,7,9-11,14,16-17,23-24,34,36-37H,4,6,8,12-13H2,1-3H3,(H,33,35)/t14-,16?,17?,23?,24?,28+/m0/s1. The monoisotopic (exact) mass is 603 g/mol. The van der Waals surface area contributed by atoms with Crippen molar-refractivity contribution in [2.24, 2.45) is 23.7 Å². The number of fused-ring (bicyclic) bond motifs is 2. The minimum Gasteiger partial charge on any atom is -0.390 e. The number of amides is 1. The SMILES string of the molecule is C[C@H]1CC2CCC(CS(=O)(=O)c3cc(C(=O)Nc4cc(F)c(F)c(F)c4)ccc3Cl)C1[C@@]2(O)CC(O)C(C)(C)O. The Morgan fingerprint density at radius 2 is 1.80 bits per heavy atom. The number of anilines is 1. The predicted molar refractivity (Wildman–Crippen MR) is 143 cm³/mol. The average molecular weight is 604 g/mol. The van der Waals surface area contributed by atoms with Crippen molar-refractivity contribution in [2.75, 3.05) is 11.1 Å². The van der Waals surface area contributed by atoms with Crippen molar-refractivity contribution in [3.8, 4) is 0 Å². The lowest BCUT2D eigenvalue weighted by molar-refractivity contribution is -0.142. The third-order valence-corrected chi connectivity index (χ3v) is 10.8. The molecule has 2 saturated carbocycles. The van der Waals surface area contributed by atoms with Gasteiger partial charge in [-0.1, -0.05) is 18.5 Å². The van der Waals surface area contributed by atoms with Crippen LogP contribution in [0.3, 0.4) is 0 Å². The van der Waals surface area contributed by atoms with Crippen LogP contribution in [0.5, 0.6) is 0 Å². The second-order valence-corrected chi connectivity index (χ2v) is 14.2. The van der Waals surface area contributed by atoms with Crippen LogP contribution in [0.4, 0.5) is 18.9 Å². The van der Waals surface area contributed by atoms with E-state index in [1.807, 2.05) is 6.92 Å². The van der Waals surface area contributed by atoms with Crippen LogP contribution in [0.25, 0.3) is 0 Å². The van der Waals surface area contributed by atoms with E-state index in [9.17, 15) is 41.7 Å². The summed E-state index contributed by atoms with van der Waals surface area (Å²) in [4.78, 5) is 12.4. The van der Waals surface area contributed by atoms with Gasteiger partial charge in [0.25, 0.3) is 5.91 Å². The van der Waals surface area contributed by atoms with Crippen LogP contribution in [0, 0.1) is 41.1 Å². The summed E-state index contributed by atoms with van der Waals surface area (Å²) in [5, 5.41) is 34.7. The van der Waals surface area contributed by atoms with Gasteiger partial charge in [0.15, 0.2) is 27.3 Å². The zero-order valence-corrected chi connectivity index (χ0v) is 23.9. The lowest BCUT2D eigenvalue weighted by Crippen LogP contribution is -2.53. The molecule has 40 heavy (non-hydrogen) atoms. The highest BCUT2D eigenvalue weighted by molar-refractivity contribution is 7.91. The van der Waals surface area contributed by atoms with E-state index in [4.69, 9.17) is 11.6 Å². The summed E-state index contributed by atoms with van der Waals surface area (Å²) in [7, 11) is -4.10. The first-order chi connectivity index (χ1) is 18.4. The second-order valence-electron chi connectivity index (χ2n) is 11.8. The number of carbonyl (C=O) groups is 1. The fourth-order valence-corrected chi connectivity index (χ4v) is 8.79. The van der Waals surface area contributed by atoms with E-state index >= 15 is 0 Å². The molecule has 0 spiro atoms. The molecule has 4 unspecified atom stereocenters. The van der Waals surface area contributed by atoms with Crippen molar-refractivity contribution in [3.63, 3.8) is 0 Å². The van der Waals surface area contributed by atoms with Crippen molar-refractivity contribution >= 4 is 33.0 Å². The number of nitrogens with one attached hydrogen (secondary N) is 1. The van der Waals surface area contributed by atoms with Gasteiger partial charge in [0.1, 0.15) is 0 Å². The maximum absolute atomic E-state index is 13.6.